The summed E-state index contributed by atoms with van der Waals surface area (Å²) in [6.07, 6.45) is 0.669. The van der Waals surface area contributed by atoms with E-state index in [1.54, 1.807) is 0 Å². The number of carbonyl (C=O) groups is 1. The molecule has 28 heavy (non-hydrogen) atoms. The maximum absolute atomic E-state index is 12.7. The van der Waals surface area contributed by atoms with Gasteiger partial charge in [0.2, 0.25) is 5.91 Å². The van der Waals surface area contributed by atoms with Crippen molar-refractivity contribution in [3.05, 3.63) is 52.8 Å². The molecule has 2 aromatic rings. The number of rotatable bonds is 5. The highest BCUT2D eigenvalue weighted by atomic mass is 32.2. The van der Waals surface area contributed by atoms with Crippen LogP contribution in [-0.2, 0) is 4.79 Å². The van der Waals surface area contributed by atoms with E-state index in [1.165, 1.54) is 29.1 Å². The molecular formula is C20H23N5OS2. The lowest BCUT2D eigenvalue weighted by Gasteiger charge is -2.16. The Morgan fingerprint density at radius 2 is 1.82 bits per heavy atom. The van der Waals surface area contributed by atoms with Gasteiger partial charge in [0.1, 0.15) is 0 Å². The van der Waals surface area contributed by atoms with Gasteiger partial charge in [0.05, 0.1) is 11.0 Å². The fraction of sp³-hybridized carbons (Fsp3) is 0.350. The highest BCUT2D eigenvalue weighted by molar-refractivity contribution is 8.14. The molecule has 0 bridgehead atoms. The number of nitrogens with zero attached hydrogens (tertiary/aromatic N) is 4. The lowest BCUT2D eigenvalue weighted by Crippen LogP contribution is -2.37. The number of benzene rings is 1. The molecule has 1 aromatic carbocycles. The van der Waals surface area contributed by atoms with Gasteiger partial charge in [0.15, 0.2) is 10.3 Å². The van der Waals surface area contributed by atoms with E-state index in [1.807, 2.05) is 39.0 Å². The fourth-order valence-electron chi connectivity index (χ4n) is 2.63. The van der Waals surface area contributed by atoms with E-state index in [0.29, 0.717) is 22.5 Å². The van der Waals surface area contributed by atoms with E-state index in [4.69, 9.17) is 0 Å². The number of amidine groups is 1. The number of hydrogen-bond donors (Lipinski definition) is 1. The Hall–Kier alpha value is -2.19. The molecule has 0 spiro atoms. The van der Waals surface area contributed by atoms with Gasteiger partial charge in [-0.1, -0.05) is 60.3 Å². The molecule has 1 amide bonds. The monoisotopic (exact) mass is 413 g/mol. The van der Waals surface area contributed by atoms with E-state index in [0.717, 1.165) is 22.7 Å². The summed E-state index contributed by atoms with van der Waals surface area (Å²) in [5, 5.41) is 12.2. The van der Waals surface area contributed by atoms with Gasteiger partial charge in [0, 0.05) is 17.1 Å². The number of hydrogen-bond acceptors (Lipinski definition) is 7. The normalized spacial score (nSPS) is 14.9. The van der Waals surface area contributed by atoms with Crippen molar-refractivity contribution in [3.8, 4) is 0 Å². The smallest absolute Gasteiger partial charge is 0.239 e. The highest BCUT2D eigenvalue weighted by Gasteiger charge is 2.22. The first-order valence-corrected chi connectivity index (χ1v) is 10.9. The second-order valence-corrected chi connectivity index (χ2v) is 8.68. The molecule has 1 aromatic heterocycles. The van der Waals surface area contributed by atoms with Crippen LogP contribution in [0.4, 0.5) is 0 Å². The summed E-state index contributed by atoms with van der Waals surface area (Å²) in [5.41, 5.74) is 4.97. The second-order valence-electron chi connectivity index (χ2n) is 6.54. The molecule has 8 heteroatoms. The largest absolute Gasteiger partial charge is 0.303 e. The van der Waals surface area contributed by atoms with E-state index in [2.05, 4.69) is 44.5 Å². The van der Waals surface area contributed by atoms with Crippen LogP contribution in [0.1, 0.15) is 35.9 Å². The molecule has 0 saturated carbocycles. The summed E-state index contributed by atoms with van der Waals surface area (Å²) >= 11 is 2.86. The van der Waals surface area contributed by atoms with Crippen molar-refractivity contribution in [2.75, 3.05) is 5.75 Å². The van der Waals surface area contributed by atoms with Gasteiger partial charge in [-0.05, 0) is 38.8 Å². The maximum atomic E-state index is 12.7. The van der Waals surface area contributed by atoms with Crippen molar-refractivity contribution in [1.82, 2.24) is 15.3 Å². The Morgan fingerprint density at radius 1 is 1.14 bits per heavy atom. The van der Waals surface area contributed by atoms with Crippen LogP contribution < -0.4 is 5.32 Å². The van der Waals surface area contributed by atoms with E-state index < -0.39 is 0 Å². The number of carbonyl (C=O) groups excluding carboxylic acids is 1. The van der Waals surface area contributed by atoms with Crippen molar-refractivity contribution in [2.45, 2.75) is 44.5 Å². The van der Waals surface area contributed by atoms with E-state index in [9.17, 15) is 4.79 Å². The molecule has 0 aliphatic carbocycles. The lowest BCUT2D eigenvalue weighted by atomic mass is 10.1. The topological polar surface area (TPSA) is 79.6 Å². The number of nitrogens with one attached hydrogen (secondary N) is 1. The van der Waals surface area contributed by atoms with Gasteiger partial charge >= 0.3 is 0 Å². The standard InChI is InChI=1S/C20H23N5OS2/c1-5-17(28-19-21-13(3)10-14(4)22-19)18(26)23-20-25-24-16(11-27-20)15-8-6-12(2)7-9-15/h6-10,17H,5,11H2,1-4H3,(H,23,25,26)/t17-/m1/s1. The number of aromatic nitrogens is 2. The molecule has 1 aliphatic heterocycles. The summed E-state index contributed by atoms with van der Waals surface area (Å²) in [6.45, 7) is 7.88. The summed E-state index contributed by atoms with van der Waals surface area (Å²) in [4.78, 5) is 21.5. The summed E-state index contributed by atoms with van der Waals surface area (Å²) in [6, 6.07) is 10.1. The van der Waals surface area contributed by atoms with E-state index >= 15 is 0 Å². The molecular weight excluding hydrogens is 390 g/mol. The van der Waals surface area contributed by atoms with Gasteiger partial charge in [0.25, 0.3) is 0 Å². The molecule has 0 fully saturated rings. The maximum Gasteiger partial charge on any atom is 0.239 e. The van der Waals surface area contributed by atoms with Crippen LogP contribution in [0.2, 0.25) is 0 Å². The van der Waals surface area contributed by atoms with Gasteiger partial charge < -0.3 is 5.32 Å². The first kappa shape index (κ1) is 20.5. The average molecular weight is 414 g/mol. The zero-order valence-corrected chi connectivity index (χ0v) is 18.0. The predicted octanol–water partition coefficient (Wildman–Crippen LogP) is 3.90. The number of aryl methyl sites for hydroxylation is 3. The summed E-state index contributed by atoms with van der Waals surface area (Å²) in [7, 11) is 0. The van der Waals surface area contributed by atoms with Crippen molar-refractivity contribution in [3.63, 3.8) is 0 Å². The van der Waals surface area contributed by atoms with Crippen molar-refractivity contribution in [2.24, 2.45) is 10.2 Å². The second kappa shape index (κ2) is 9.34. The average Bonchev–Trinajstić information content (AvgIpc) is 2.66. The van der Waals surface area contributed by atoms with Crippen LogP contribution >= 0.6 is 23.5 Å². The third-order valence-corrected chi connectivity index (χ3v) is 6.19. The molecule has 1 N–H and O–H groups in total. The summed E-state index contributed by atoms with van der Waals surface area (Å²) < 4.78 is 0. The van der Waals surface area contributed by atoms with Crippen LogP contribution in [0.5, 0.6) is 0 Å². The number of amides is 1. The van der Waals surface area contributed by atoms with Crippen LogP contribution in [0.25, 0.3) is 0 Å². The number of thioether (sulfide) groups is 2. The molecule has 0 unspecified atom stereocenters. The minimum Gasteiger partial charge on any atom is -0.303 e. The van der Waals surface area contributed by atoms with Crippen molar-refractivity contribution in [1.29, 1.82) is 0 Å². The van der Waals surface area contributed by atoms with Crippen LogP contribution in [0, 0.1) is 20.8 Å². The fourth-order valence-corrected chi connectivity index (χ4v) is 4.38. The molecule has 6 nitrogen and oxygen atoms in total. The van der Waals surface area contributed by atoms with Crippen LogP contribution in [0.15, 0.2) is 45.7 Å². The molecule has 3 rings (SSSR count). The Kier molecular flexibility index (Phi) is 6.85. The first-order chi connectivity index (χ1) is 13.4. The lowest BCUT2D eigenvalue weighted by molar-refractivity contribution is -0.119. The first-order valence-electron chi connectivity index (χ1n) is 9.08. The van der Waals surface area contributed by atoms with Gasteiger partial charge in [-0.2, -0.15) is 5.10 Å². The van der Waals surface area contributed by atoms with Crippen LogP contribution in [0.3, 0.4) is 0 Å². The predicted molar refractivity (Wildman–Crippen MR) is 117 cm³/mol. The Labute approximate surface area is 173 Å². The quantitative estimate of drug-likeness (QED) is 0.594. The minimum absolute atomic E-state index is 0.101. The Balaban J connectivity index is 1.65. The molecule has 0 radical (unpaired) electrons. The van der Waals surface area contributed by atoms with Gasteiger partial charge in [-0.15, -0.1) is 5.10 Å². The Bertz CT molecular complexity index is 904. The zero-order chi connectivity index (χ0) is 20.1. The minimum atomic E-state index is -0.285. The molecule has 1 atom stereocenters. The third kappa shape index (κ3) is 5.42. The van der Waals surface area contributed by atoms with Crippen molar-refractivity contribution >= 4 is 40.3 Å². The van der Waals surface area contributed by atoms with Gasteiger partial charge in [-0.3, -0.25) is 4.79 Å². The molecule has 0 saturated heterocycles. The molecule has 1 aliphatic rings. The summed E-state index contributed by atoms with van der Waals surface area (Å²) in [5.74, 6) is 0.572. The van der Waals surface area contributed by atoms with E-state index in [-0.39, 0.29) is 11.2 Å². The SMILES string of the molecule is CC[C@@H](Sc1nc(C)cc(C)n1)C(=O)NC1=NN=C(c2ccc(C)cc2)CS1. The Morgan fingerprint density at radius 3 is 2.39 bits per heavy atom. The zero-order valence-electron chi connectivity index (χ0n) is 16.4. The highest BCUT2D eigenvalue weighted by Crippen LogP contribution is 2.23. The third-order valence-electron chi connectivity index (χ3n) is 4.09. The van der Waals surface area contributed by atoms with Crippen LogP contribution in [-0.4, -0.2) is 37.8 Å². The van der Waals surface area contributed by atoms with Crippen molar-refractivity contribution < 1.29 is 4.79 Å². The van der Waals surface area contributed by atoms with Gasteiger partial charge in [-0.25, -0.2) is 9.97 Å². The molecule has 146 valence electrons. The molecule has 2 heterocycles.